The van der Waals surface area contributed by atoms with Gasteiger partial charge in [-0.1, -0.05) is 6.92 Å². The highest BCUT2D eigenvalue weighted by Crippen LogP contribution is 2.44. The number of nitrogens with zero attached hydrogens (tertiary/aromatic N) is 1. The second kappa shape index (κ2) is 5.23. The SMILES string of the molecule is CCC1COC(c2ccc([N+](=O)[O-])cc2F)(C(F)(F)F)N1. The molecule has 9 heteroatoms. The average molecular weight is 308 g/mol. The zero-order valence-electron chi connectivity index (χ0n) is 10.9. The lowest BCUT2D eigenvalue weighted by Crippen LogP contribution is -2.53. The van der Waals surface area contributed by atoms with Crippen molar-refractivity contribution in [2.75, 3.05) is 6.61 Å². The predicted octanol–water partition coefficient (Wildman–Crippen LogP) is 2.85. The Kier molecular flexibility index (Phi) is 3.89. The average Bonchev–Trinajstić information content (AvgIpc) is 2.83. The van der Waals surface area contributed by atoms with Crippen molar-refractivity contribution < 1.29 is 27.2 Å². The van der Waals surface area contributed by atoms with Gasteiger partial charge < -0.3 is 4.74 Å². The lowest BCUT2D eigenvalue weighted by atomic mass is 10.0. The Bertz CT molecular complexity index is 564. The molecular formula is C12H12F4N2O3. The summed E-state index contributed by atoms with van der Waals surface area (Å²) in [6.07, 6.45) is -4.54. The number of halogens is 4. The number of nitrogens with one attached hydrogen (secondary N) is 1. The summed E-state index contributed by atoms with van der Waals surface area (Å²) in [6.45, 7) is 1.44. The molecule has 2 unspecified atom stereocenters. The first-order valence-corrected chi connectivity index (χ1v) is 6.14. The van der Waals surface area contributed by atoms with E-state index in [1.807, 2.05) is 0 Å². The van der Waals surface area contributed by atoms with Crippen LogP contribution < -0.4 is 5.32 Å². The summed E-state index contributed by atoms with van der Waals surface area (Å²) < 4.78 is 58.9. The van der Waals surface area contributed by atoms with Gasteiger partial charge in [0.2, 0.25) is 5.72 Å². The number of ether oxygens (including phenoxy) is 1. The maximum atomic E-state index is 13.9. The molecule has 21 heavy (non-hydrogen) atoms. The van der Waals surface area contributed by atoms with E-state index in [-0.39, 0.29) is 6.61 Å². The third-order valence-electron chi connectivity index (χ3n) is 3.34. The number of rotatable bonds is 3. The number of hydrogen-bond acceptors (Lipinski definition) is 4. The molecule has 0 amide bonds. The standard InChI is InChI=1S/C12H12F4N2O3/c1-2-7-6-21-11(17-7,12(14,15)16)9-4-3-8(18(19)20)5-10(9)13/h3-5,7,17H,2,6H2,1H3. The van der Waals surface area contributed by atoms with Gasteiger partial charge in [0.05, 0.1) is 17.6 Å². The second-order valence-corrected chi connectivity index (χ2v) is 4.66. The van der Waals surface area contributed by atoms with Crippen molar-refractivity contribution in [2.24, 2.45) is 0 Å². The molecule has 0 aliphatic carbocycles. The molecule has 1 fully saturated rings. The van der Waals surface area contributed by atoms with E-state index in [2.05, 4.69) is 5.32 Å². The Balaban J connectivity index is 2.51. The van der Waals surface area contributed by atoms with Gasteiger partial charge in [-0.15, -0.1) is 0 Å². The summed E-state index contributed by atoms with van der Waals surface area (Å²) in [5, 5.41) is 12.8. The highest BCUT2D eigenvalue weighted by Gasteiger charge is 2.62. The quantitative estimate of drug-likeness (QED) is 0.530. The van der Waals surface area contributed by atoms with Crippen molar-refractivity contribution in [3.63, 3.8) is 0 Å². The van der Waals surface area contributed by atoms with Gasteiger partial charge in [-0.3, -0.25) is 15.4 Å². The van der Waals surface area contributed by atoms with Gasteiger partial charge in [0, 0.05) is 17.7 Å². The Morgan fingerprint density at radius 1 is 1.52 bits per heavy atom. The number of non-ortho nitro benzene ring substituents is 1. The van der Waals surface area contributed by atoms with E-state index in [9.17, 15) is 27.7 Å². The molecule has 0 saturated carbocycles. The van der Waals surface area contributed by atoms with E-state index in [1.165, 1.54) is 0 Å². The van der Waals surface area contributed by atoms with Gasteiger partial charge in [-0.2, -0.15) is 13.2 Å². The molecule has 0 radical (unpaired) electrons. The van der Waals surface area contributed by atoms with Crippen LogP contribution in [0.3, 0.4) is 0 Å². The van der Waals surface area contributed by atoms with E-state index >= 15 is 0 Å². The summed E-state index contributed by atoms with van der Waals surface area (Å²) >= 11 is 0. The minimum Gasteiger partial charge on any atom is -0.346 e. The molecule has 0 spiro atoms. The van der Waals surface area contributed by atoms with Gasteiger partial charge in [-0.05, 0) is 12.5 Å². The number of benzene rings is 1. The first-order chi connectivity index (χ1) is 9.71. The van der Waals surface area contributed by atoms with Crippen LogP contribution in [0.5, 0.6) is 0 Å². The summed E-state index contributed by atoms with van der Waals surface area (Å²) in [5.41, 5.74) is -4.41. The largest absolute Gasteiger partial charge is 0.435 e. The number of nitro groups is 1. The van der Waals surface area contributed by atoms with Crippen molar-refractivity contribution in [1.82, 2.24) is 5.32 Å². The normalized spacial score (nSPS) is 26.0. The topological polar surface area (TPSA) is 64.4 Å². The van der Waals surface area contributed by atoms with Crippen LogP contribution in [-0.2, 0) is 10.5 Å². The fourth-order valence-electron chi connectivity index (χ4n) is 2.19. The van der Waals surface area contributed by atoms with Crippen molar-refractivity contribution in [3.05, 3.63) is 39.7 Å². The zero-order chi connectivity index (χ0) is 15.8. The van der Waals surface area contributed by atoms with Crippen molar-refractivity contribution in [2.45, 2.75) is 31.3 Å². The smallest absolute Gasteiger partial charge is 0.346 e. The van der Waals surface area contributed by atoms with Crippen LogP contribution in [0.15, 0.2) is 18.2 Å². The van der Waals surface area contributed by atoms with Crippen LogP contribution in [0.2, 0.25) is 0 Å². The van der Waals surface area contributed by atoms with Gasteiger partial charge in [0.25, 0.3) is 5.69 Å². The third kappa shape index (κ3) is 2.58. The molecule has 1 N–H and O–H groups in total. The Hall–Kier alpha value is -1.74. The van der Waals surface area contributed by atoms with Crippen LogP contribution in [0.4, 0.5) is 23.2 Å². The van der Waals surface area contributed by atoms with Gasteiger partial charge in [-0.25, -0.2) is 4.39 Å². The minimum atomic E-state index is -4.91. The van der Waals surface area contributed by atoms with Crippen LogP contribution in [0.1, 0.15) is 18.9 Å². The Morgan fingerprint density at radius 3 is 2.62 bits per heavy atom. The maximum absolute atomic E-state index is 13.9. The van der Waals surface area contributed by atoms with E-state index < -0.39 is 39.9 Å². The predicted molar refractivity (Wildman–Crippen MR) is 64.0 cm³/mol. The summed E-state index contributed by atoms with van der Waals surface area (Å²) in [5.74, 6) is -1.34. The van der Waals surface area contributed by atoms with Crippen LogP contribution in [0.25, 0.3) is 0 Å². The summed E-state index contributed by atoms with van der Waals surface area (Å²) in [6, 6.07) is 1.41. The molecule has 1 aliphatic rings. The maximum Gasteiger partial charge on any atom is 0.435 e. The highest BCUT2D eigenvalue weighted by molar-refractivity contribution is 5.38. The molecule has 2 atom stereocenters. The molecular weight excluding hydrogens is 296 g/mol. The lowest BCUT2D eigenvalue weighted by Gasteiger charge is -2.32. The molecule has 5 nitrogen and oxygen atoms in total. The second-order valence-electron chi connectivity index (χ2n) is 4.66. The fraction of sp³-hybridized carbons (Fsp3) is 0.500. The summed E-state index contributed by atoms with van der Waals surface area (Å²) in [4.78, 5) is 9.65. The van der Waals surface area contributed by atoms with Gasteiger partial charge >= 0.3 is 6.18 Å². The van der Waals surface area contributed by atoms with Crippen LogP contribution >= 0.6 is 0 Å². The Labute approximate surface area is 117 Å². The molecule has 1 aromatic rings. The van der Waals surface area contributed by atoms with Crippen molar-refractivity contribution >= 4 is 5.69 Å². The van der Waals surface area contributed by atoms with Crippen molar-refractivity contribution in [1.29, 1.82) is 0 Å². The third-order valence-corrected chi connectivity index (χ3v) is 3.34. The fourth-order valence-corrected chi connectivity index (χ4v) is 2.19. The van der Waals surface area contributed by atoms with E-state index in [1.54, 1.807) is 6.92 Å². The Morgan fingerprint density at radius 2 is 2.19 bits per heavy atom. The van der Waals surface area contributed by atoms with Crippen molar-refractivity contribution in [3.8, 4) is 0 Å². The van der Waals surface area contributed by atoms with Gasteiger partial charge in [0.15, 0.2) is 0 Å². The van der Waals surface area contributed by atoms with Crippen LogP contribution in [-0.4, -0.2) is 23.7 Å². The number of alkyl halides is 3. The van der Waals surface area contributed by atoms with E-state index in [4.69, 9.17) is 4.74 Å². The number of hydrogen-bond donors (Lipinski definition) is 1. The molecule has 1 aromatic carbocycles. The molecule has 116 valence electrons. The molecule has 2 rings (SSSR count). The van der Waals surface area contributed by atoms with Gasteiger partial charge in [0.1, 0.15) is 5.82 Å². The lowest BCUT2D eigenvalue weighted by molar-refractivity contribution is -0.385. The molecule has 1 saturated heterocycles. The van der Waals surface area contributed by atoms with E-state index in [0.29, 0.717) is 12.5 Å². The minimum absolute atomic E-state index is 0.230. The molecule has 0 bridgehead atoms. The monoisotopic (exact) mass is 308 g/mol. The first kappa shape index (κ1) is 15.6. The summed E-state index contributed by atoms with van der Waals surface area (Å²) in [7, 11) is 0. The molecule has 1 heterocycles. The molecule has 0 aromatic heterocycles. The number of nitro benzene ring substituents is 1. The van der Waals surface area contributed by atoms with E-state index in [0.717, 1.165) is 12.1 Å². The first-order valence-electron chi connectivity index (χ1n) is 6.14. The van der Waals surface area contributed by atoms with Crippen LogP contribution in [0, 0.1) is 15.9 Å². The molecule has 1 aliphatic heterocycles. The highest BCUT2D eigenvalue weighted by atomic mass is 19.4. The zero-order valence-corrected chi connectivity index (χ0v) is 10.9.